The number of para-hydroxylation sites is 1. The lowest BCUT2D eigenvalue weighted by Gasteiger charge is -2.12. The highest BCUT2D eigenvalue weighted by Crippen LogP contribution is 2.27. The summed E-state index contributed by atoms with van der Waals surface area (Å²) in [7, 11) is -1.48. The van der Waals surface area contributed by atoms with Crippen molar-refractivity contribution in [2.24, 2.45) is 0 Å². The Morgan fingerprint density at radius 2 is 2.17 bits per heavy atom. The molecule has 1 heterocycles. The molecule has 2 N–H and O–H groups in total. The summed E-state index contributed by atoms with van der Waals surface area (Å²) < 4.78 is 31.5. The minimum Gasteiger partial charge on any atom is -0.488 e. The van der Waals surface area contributed by atoms with Crippen LogP contribution in [-0.4, -0.2) is 40.4 Å². The van der Waals surface area contributed by atoms with E-state index in [1.807, 2.05) is 24.3 Å². The first-order chi connectivity index (χ1) is 8.61. The molecule has 5 nitrogen and oxygen atoms in total. The maximum Gasteiger partial charge on any atom is 0.212 e. The molecule has 0 saturated carbocycles. The molecule has 0 aliphatic carbocycles. The molecular weight excluding hydrogens is 252 g/mol. The Balaban J connectivity index is 1.83. The molecule has 1 aliphatic heterocycles. The van der Waals surface area contributed by atoms with Crippen molar-refractivity contribution in [1.29, 1.82) is 0 Å². The number of ether oxygens (including phenoxy) is 1. The molecule has 0 spiro atoms. The number of fused-ring (bicyclic) bond motifs is 1. The number of hydrogen-bond acceptors (Lipinski definition) is 4. The zero-order valence-corrected chi connectivity index (χ0v) is 11.2. The van der Waals surface area contributed by atoms with E-state index in [0.29, 0.717) is 13.1 Å². The van der Waals surface area contributed by atoms with E-state index < -0.39 is 10.0 Å². The van der Waals surface area contributed by atoms with Crippen LogP contribution >= 0.6 is 0 Å². The Kier molecular flexibility index (Phi) is 4.21. The Morgan fingerprint density at radius 3 is 2.89 bits per heavy atom. The van der Waals surface area contributed by atoms with E-state index in [9.17, 15) is 8.42 Å². The largest absolute Gasteiger partial charge is 0.488 e. The fourth-order valence-electron chi connectivity index (χ4n) is 1.90. The van der Waals surface area contributed by atoms with Gasteiger partial charge in [0, 0.05) is 19.5 Å². The number of benzene rings is 1. The molecule has 0 saturated heterocycles. The van der Waals surface area contributed by atoms with Crippen molar-refractivity contribution in [2.45, 2.75) is 12.5 Å². The first-order valence-corrected chi connectivity index (χ1v) is 7.62. The summed E-state index contributed by atoms with van der Waals surface area (Å²) in [6, 6.07) is 7.79. The Hall–Kier alpha value is -1.11. The number of rotatable bonds is 6. The molecule has 0 bridgehead atoms. The Bertz CT molecular complexity index is 477. The van der Waals surface area contributed by atoms with Gasteiger partial charge in [0.2, 0.25) is 10.0 Å². The third kappa shape index (κ3) is 3.44. The predicted octanol–water partition coefficient (Wildman–Crippen LogP) is 0.129. The summed E-state index contributed by atoms with van der Waals surface area (Å²) in [4.78, 5) is 0. The lowest BCUT2D eigenvalue weighted by Crippen LogP contribution is -2.37. The number of hydrogen-bond donors (Lipinski definition) is 2. The van der Waals surface area contributed by atoms with Crippen LogP contribution in [0.25, 0.3) is 0 Å². The minimum absolute atomic E-state index is 0.0865. The molecule has 18 heavy (non-hydrogen) atoms. The van der Waals surface area contributed by atoms with E-state index in [4.69, 9.17) is 4.74 Å². The molecule has 0 fully saturated rings. The lowest BCUT2D eigenvalue weighted by molar-refractivity contribution is 0.236. The van der Waals surface area contributed by atoms with Crippen molar-refractivity contribution in [2.75, 3.05) is 25.9 Å². The average Bonchev–Trinajstić information content (AvgIpc) is 2.77. The second-order valence-electron chi connectivity index (χ2n) is 4.32. The smallest absolute Gasteiger partial charge is 0.212 e. The van der Waals surface area contributed by atoms with Gasteiger partial charge in [-0.1, -0.05) is 18.2 Å². The predicted molar refractivity (Wildman–Crippen MR) is 70.3 cm³/mol. The molecule has 6 heteroatoms. The highest BCUT2D eigenvalue weighted by molar-refractivity contribution is 7.89. The fourth-order valence-corrected chi connectivity index (χ4v) is 2.95. The highest BCUT2D eigenvalue weighted by Gasteiger charge is 2.23. The lowest BCUT2D eigenvalue weighted by atomic mass is 10.1. The molecular formula is C12H18N2O3S. The van der Waals surface area contributed by atoms with Crippen LogP contribution in [0.2, 0.25) is 0 Å². The van der Waals surface area contributed by atoms with Gasteiger partial charge in [-0.25, -0.2) is 13.1 Å². The van der Waals surface area contributed by atoms with Gasteiger partial charge in [-0.05, 0) is 18.7 Å². The van der Waals surface area contributed by atoms with Crippen LogP contribution in [0.15, 0.2) is 24.3 Å². The molecule has 2 rings (SSSR count). The quantitative estimate of drug-likeness (QED) is 0.771. The van der Waals surface area contributed by atoms with Crippen molar-refractivity contribution in [1.82, 2.24) is 10.0 Å². The zero-order valence-electron chi connectivity index (χ0n) is 10.3. The van der Waals surface area contributed by atoms with Crippen LogP contribution < -0.4 is 14.8 Å². The van der Waals surface area contributed by atoms with Crippen LogP contribution in [0.4, 0.5) is 0 Å². The van der Waals surface area contributed by atoms with Crippen molar-refractivity contribution in [3.05, 3.63) is 29.8 Å². The maximum absolute atomic E-state index is 11.6. The first-order valence-electron chi connectivity index (χ1n) is 5.97. The summed E-state index contributed by atoms with van der Waals surface area (Å²) in [6.07, 6.45) is 0.650. The molecule has 0 aromatic heterocycles. The number of sulfonamides is 1. The van der Waals surface area contributed by atoms with E-state index in [2.05, 4.69) is 10.0 Å². The normalized spacial score (nSPS) is 18.4. The topological polar surface area (TPSA) is 67.4 Å². The van der Waals surface area contributed by atoms with E-state index >= 15 is 0 Å². The van der Waals surface area contributed by atoms with Crippen molar-refractivity contribution >= 4 is 10.0 Å². The van der Waals surface area contributed by atoms with Crippen LogP contribution in [0.5, 0.6) is 5.75 Å². The van der Waals surface area contributed by atoms with Crippen molar-refractivity contribution in [3.8, 4) is 5.75 Å². The van der Waals surface area contributed by atoms with Gasteiger partial charge < -0.3 is 10.1 Å². The number of nitrogens with one attached hydrogen (secondary N) is 2. The van der Waals surface area contributed by atoms with Gasteiger partial charge in [0.1, 0.15) is 11.9 Å². The van der Waals surface area contributed by atoms with Crippen LogP contribution in [0, 0.1) is 0 Å². The summed E-state index contributed by atoms with van der Waals surface area (Å²) in [5, 5.41) is 2.82. The molecule has 1 aromatic rings. The van der Waals surface area contributed by atoms with Crippen LogP contribution in [-0.2, 0) is 16.4 Å². The van der Waals surface area contributed by atoms with E-state index in [0.717, 1.165) is 17.7 Å². The molecule has 0 amide bonds. The summed E-state index contributed by atoms with van der Waals surface area (Å²) in [5.41, 5.74) is 1.14. The minimum atomic E-state index is -3.21. The van der Waals surface area contributed by atoms with E-state index in [1.54, 1.807) is 7.05 Å². The third-order valence-electron chi connectivity index (χ3n) is 2.87. The van der Waals surface area contributed by atoms with Gasteiger partial charge in [0.15, 0.2) is 0 Å². The molecule has 1 atom stereocenters. The Labute approximate surface area is 108 Å². The van der Waals surface area contributed by atoms with Gasteiger partial charge in [-0.2, -0.15) is 0 Å². The fraction of sp³-hybridized carbons (Fsp3) is 0.500. The van der Waals surface area contributed by atoms with Gasteiger partial charge in [0.05, 0.1) is 5.75 Å². The van der Waals surface area contributed by atoms with Crippen LogP contribution in [0.3, 0.4) is 0 Å². The monoisotopic (exact) mass is 270 g/mol. The van der Waals surface area contributed by atoms with Gasteiger partial charge in [0.25, 0.3) is 0 Å². The molecule has 1 unspecified atom stereocenters. The van der Waals surface area contributed by atoms with E-state index in [1.165, 1.54) is 0 Å². The third-order valence-corrected chi connectivity index (χ3v) is 4.21. The second-order valence-corrected chi connectivity index (χ2v) is 6.25. The standard InChI is InChI=1S/C12H18N2O3S/c1-13-6-7-18(15,16)14-9-11-8-10-4-2-3-5-12(10)17-11/h2-5,11,13-14H,6-9H2,1H3. The average molecular weight is 270 g/mol. The SMILES string of the molecule is CNCCS(=O)(=O)NCC1Cc2ccccc2O1. The summed E-state index contributed by atoms with van der Waals surface area (Å²) in [5.74, 6) is 0.945. The summed E-state index contributed by atoms with van der Waals surface area (Å²) >= 11 is 0. The van der Waals surface area contributed by atoms with Gasteiger partial charge in [-0.3, -0.25) is 0 Å². The molecule has 0 radical (unpaired) electrons. The van der Waals surface area contributed by atoms with Crippen molar-refractivity contribution in [3.63, 3.8) is 0 Å². The van der Waals surface area contributed by atoms with E-state index in [-0.39, 0.29) is 11.9 Å². The van der Waals surface area contributed by atoms with Gasteiger partial charge >= 0.3 is 0 Å². The Morgan fingerprint density at radius 1 is 1.39 bits per heavy atom. The molecule has 1 aromatic carbocycles. The maximum atomic E-state index is 11.6. The highest BCUT2D eigenvalue weighted by atomic mass is 32.2. The molecule has 100 valence electrons. The summed E-state index contributed by atoms with van der Waals surface area (Å²) in [6.45, 7) is 0.766. The van der Waals surface area contributed by atoms with Crippen molar-refractivity contribution < 1.29 is 13.2 Å². The van der Waals surface area contributed by atoms with Gasteiger partial charge in [-0.15, -0.1) is 0 Å². The second kappa shape index (κ2) is 5.69. The first kappa shape index (κ1) is 13.3. The molecule has 1 aliphatic rings. The van der Waals surface area contributed by atoms with Crippen LogP contribution in [0.1, 0.15) is 5.56 Å². The zero-order chi connectivity index (χ0) is 13.0.